The first-order valence-corrected chi connectivity index (χ1v) is 7.10. The third-order valence-electron chi connectivity index (χ3n) is 3.96. The third-order valence-corrected chi connectivity index (χ3v) is 3.96. The number of urea groups is 1. The zero-order chi connectivity index (χ0) is 13.9. The average Bonchev–Trinajstić information content (AvgIpc) is 2.62. The summed E-state index contributed by atoms with van der Waals surface area (Å²) < 4.78 is 0. The third kappa shape index (κ3) is 2.81. The second-order valence-corrected chi connectivity index (χ2v) is 5.49. The van der Waals surface area contributed by atoms with Crippen molar-refractivity contribution in [1.29, 1.82) is 0 Å². The number of hydrogen-bond donors (Lipinski definition) is 2. The molecule has 0 aromatic heterocycles. The van der Waals surface area contributed by atoms with E-state index in [-0.39, 0.29) is 11.9 Å². The summed E-state index contributed by atoms with van der Waals surface area (Å²) in [6, 6.07) is -0.260. The summed E-state index contributed by atoms with van der Waals surface area (Å²) in [5.41, 5.74) is 0.242. The van der Waals surface area contributed by atoms with Crippen molar-refractivity contribution in [3.05, 3.63) is 12.2 Å². The fourth-order valence-corrected chi connectivity index (χ4v) is 2.90. The number of rotatable bonds is 5. The van der Waals surface area contributed by atoms with Crippen molar-refractivity contribution in [2.45, 2.75) is 44.6 Å². The van der Waals surface area contributed by atoms with Crippen LogP contribution in [0.2, 0.25) is 0 Å². The van der Waals surface area contributed by atoms with Gasteiger partial charge < -0.3 is 10.6 Å². The summed E-state index contributed by atoms with van der Waals surface area (Å²) in [6.45, 7) is 7.74. The van der Waals surface area contributed by atoms with Crippen molar-refractivity contribution in [3.63, 3.8) is 0 Å². The second-order valence-electron chi connectivity index (χ2n) is 5.49. The summed E-state index contributed by atoms with van der Waals surface area (Å²) in [5.74, 6) is -0.0603. The zero-order valence-corrected chi connectivity index (χ0v) is 11.6. The number of carbonyl (C=O) groups is 2. The molecule has 1 aliphatic heterocycles. The van der Waals surface area contributed by atoms with Crippen LogP contribution >= 0.6 is 0 Å². The quantitative estimate of drug-likeness (QED) is 0.583. The van der Waals surface area contributed by atoms with E-state index in [1.165, 1.54) is 4.90 Å². The highest BCUT2D eigenvalue weighted by atomic mass is 16.2. The Morgan fingerprint density at radius 3 is 2.68 bits per heavy atom. The highest BCUT2D eigenvalue weighted by Crippen LogP contribution is 2.33. The van der Waals surface area contributed by atoms with Crippen LogP contribution in [0.4, 0.5) is 4.79 Å². The number of imide groups is 1. The Hall–Kier alpha value is -1.36. The van der Waals surface area contributed by atoms with Gasteiger partial charge in [-0.15, -0.1) is 0 Å². The Morgan fingerprint density at radius 2 is 2.05 bits per heavy atom. The van der Waals surface area contributed by atoms with Gasteiger partial charge in [-0.3, -0.25) is 9.69 Å². The van der Waals surface area contributed by atoms with Gasteiger partial charge in [0.1, 0.15) is 5.54 Å². The molecule has 1 heterocycles. The van der Waals surface area contributed by atoms with Crippen LogP contribution in [0, 0.1) is 0 Å². The Kier molecular flexibility index (Phi) is 4.24. The maximum atomic E-state index is 12.5. The minimum absolute atomic E-state index is 0.0603. The lowest BCUT2D eigenvalue weighted by Crippen LogP contribution is -2.48. The first-order chi connectivity index (χ1) is 9.09. The van der Waals surface area contributed by atoms with E-state index < -0.39 is 5.54 Å². The SMILES string of the molecule is C=C(CNCC)CN1C(=O)NC2(CCCCC2)C1=O. The molecule has 0 aromatic carbocycles. The fraction of sp³-hybridized carbons (Fsp3) is 0.714. The molecular formula is C14H23N3O2. The van der Waals surface area contributed by atoms with Crippen LogP contribution in [0.1, 0.15) is 39.0 Å². The molecule has 0 aromatic rings. The number of nitrogens with zero attached hydrogens (tertiary/aromatic N) is 1. The standard InChI is InChI=1S/C14H23N3O2/c1-3-15-9-11(2)10-17-12(18)14(16-13(17)19)7-5-4-6-8-14/h15H,2-10H2,1H3,(H,16,19). The Labute approximate surface area is 114 Å². The van der Waals surface area contributed by atoms with Gasteiger partial charge in [0.05, 0.1) is 6.54 Å². The topological polar surface area (TPSA) is 61.4 Å². The number of hydrogen-bond acceptors (Lipinski definition) is 3. The van der Waals surface area contributed by atoms with Crippen molar-refractivity contribution in [2.24, 2.45) is 0 Å². The van der Waals surface area contributed by atoms with Crippen molar-refractivity contribution >= 4 is 11.9 Å². The van der Waals surface area contributed by atoms with Crippen LogP contribution in [0.5, 0.6) is 0 Å². The summed E-state index contributed by atoms with van der Waals surface area (Å²) in [5, 5.41) is 6.06. The van der Waals surface area contributed by atoms with E-state index in [0.717, 1.165) is 44.2 Å². The van der Waals surface area contributed by atoms with Gasteiger partial charge in [-0.2, -0.15) is 0 Å². The van der Waals surface area contributed by atoms with Crippen LogP contribution in [-0.2, 0) is 4.79 Å². The molecule has 0 atom stereocenters. The molecule has 106 valence electrons. The highest BCUT2D eigenvalue weighted by Gasteiger charge is 2.51. The molecule has 0 bridgehead atoms. The van der Waals surface area contributed by atoms with Gasteiger partial charge in [-0.05, 0) is 25.0 Å². The number of likely N-dealkylation sites (N-methyl/N-ethyl adjacent to an activating group) is 1. The molecule has 19 heavy (non-hydrogen) atoms. The molecule has 2 rings (SSSR count). The van der Waals surface area contributed by atoms with Gasteiger partial charge in [-0.25, -0.2) is 4.79 Å². The van der Waals surface area contributed by atoms with E-state index in [1.54, 1.807) is 0 Å². The molecule has 3 amide bonds. The highest BCUT2D eigenvalue weighted by molar-refractivity contribution is 6.07. The number of amides is 3. The zero-order valence-electron chi connectivity index (χ0n) is 11.6. The molecule has 1 aliphatic carbocycles. The molecule has 2 fully saturated rings. The van der Waals surface area contributed by atoms with E-state index in [4.69, 9.17) is 0 Å². The number of nitrogens with one attached hydrogen (secondary N) is 2. The van der Waals surface area contributed by atoms with Gasteiger partial charge in [0.15, 0.2) is 0 Å². The molecule has 1 saturated carbocycles. The van der Waals surface area contributed by atoms with Crippen LogP contribution in [0.15, 0.2) is 12.2 Å². The van der Waals surface area contributed by atoms with Crippen molar-refractivity contribution < 1.29 is 9.59 Å². The van der Waals surface area contributed by atoms with Crippen LogP contribution in [0.3, 0.4) is 0 Å². The largest absolute Gasteiger partial charge is 0.325 e. The van der Waals surface area contributed by atoms with Crippen molar-refractivity contribution in [3.8, 4) is 0 Å². The van der Waals surface area contributed by atoms with E-state index in [9.17, 15) is 9.59 Å². The maximum absolute atomic E-state index is 12.5. The maximum Gasteiger partial charge on any atom is 0.325 e. The lowest BCUT2D eigenvalue weighted by atomic mass is 9.82. The van der Waals surface area contributed by atoms with Crippen molar-refractivity contribution in [1.82, 2.24) is 15.5 Å². The van der Waals surface area contributed by atoms with E-state index in [1.807, 2.05) is 6.92 Å². The predicted octanol–water partition coefficient (Wildman–Crippen LogP) is 1.41. The molecule has 2 N–H and O–H groups in total. The van der Waals surface area contributed by atoms with E-state index >= 15 is 0 Å². The molecule has 5 heteroatoms. The lowest BCUT2D eigenvalue weighted by molar-refractivity contribution is -0.132. The van der Waals surface area contributed by atoms with Gasteiger partial charge in [0.2, 0.25) is 0 Å². The smallest absolute Gasteiger partial charge is 0.323 e. The summed E-state index contributed by atoms with van der Waals surface area (Å²) in [7, 11) is 0. The van der Waals surface area contributed by atoms with Crippen molar-refractivity contribution in [2.75, 3.05) is 19.6 Å². The Morgan fingerprint density at radius 1 is 1.37 bits per heavy atom. The van der Waals surface area contributed by atoms with Crippen LogP contribution < -0.4 is 10.6 Å². The average molecular weight is 265 g/mol. The minimum Gasteiger partial charge on any atom is -0.323 e. The fourth-order valence-electron chi connectivity index (χ4n) is 2.90. The van der Waals surface area contributed by atoms with Gasteiger partial charge in [0, 0.05) is 6.54 Å². The van der Waals surface area contributed by atoms with Gasteiger partial charge in [0.25, 0.3) is 5.91 Å². The molecule has 0 radical (unpaired) electrons. The first-order valence-electron chi connectivity index (χ1n) is 7.10. The second kappa shape index (κ2) is 5.74. The van der Waals surface area contributed by atoms with Crippen LogP contribution in [0.25, 0.3) is 0 Å². The minimum atomic E-state index is -0.617. The molecular weight excluding hydrogens is 242 g/mol. The predicted molar refractivity (Wildman–Crippen MR) is 73.7 cm³/mol. The van der Waals surface area contributed by atoms with E-state index in [2.05, 4.69) is 17.2 Å². The normalized spacial score (nSPS) is 21.8. The molecule has 5 nitrogen and oxygen atoms in total. The lowest BCUT2D eigenvalue weighted by Gasteiger charge is -2.30. The van der Waals surface area contributed by atoms with Gasteiger partial charge in [-0.1, -0.05) is 32.8 Å². The molecule has 1 saturated heterocycles. The Balaban J connectivity index is 2.00. The molecule has 2 aliphatic rings. The van der Waals surface area contributed by atoms with Gasteiger partial charge >= 0.3 is 6.03 Å². The first kappa shape index (κ1) is 14.1. The molecule has 0 unspecified atom stereocenters. The Bertz CT molecular complexity index is 386. The summed E-state index contributed by atoms with van der Waals surface area (Å²) in [6.07, 6.45) is 4.72. The van der Waals surface area contributed by atoms with E-state index in [0.29, 0.717) is 13.1 Å². The number of carbonyl (C=O) groups excluding carboxylic acids is 2. The summed E-state index contributed by atoms with van der Waals surface area (Å²) >= 11 is 0. The molecule has 1 spiro atoms. The van der Waals surface area contributed by atoms with Crippen LogP contribution in [-0.4, -0.2) is 42.0 Å². The summed E-state index contributed by atoms with van der Waals surface area (Å²) in [4.78, 5) is 25.8. The monoisotopic (exact) mass is 265 g/mol.